The molecule has 0 amide bonds. The summed E-state index contributed by atoms with van der Waals surface area (Å²) in [5, 5.41) is 3.51. The van der Waals surface area contributed by atoms with Crippen molar-refractivity contribution < 1.29 is 0 Å². The van der Waals surface area contributed by atoms with Gasteiger partial charge >= 0.3 is 0 Å². The lowest BCUT2D eigenvalue weighted by Gasteiger charge is -2.20. The molecule has 0 radical (unpaired) electrons. The van der Waals surface area contributed by atoms with E-state index in [4.69, 9.17) is 4.98 Å². The molecule has 2 aromatic heterocycles. The number of rotatable bonds is 4. The van der Waals surface area contributed by atoms with Gasteiger partial charge in [-0.15, -0.1) is 11.3 Å². The highest BCUT2D eigenvalue weighted by molar-refractivity contribution is 7.17. The fourth-order valence-corrected chi connectivity index (χ4v) is 6.47. The van der Waals surface area contributed by atoms with Crippen molar-refractivity contribution in [3.63, 3.8) is 0 Å². The molecule has 0 bridgehead atoms. The number of fused-ring (bicyclic) bond motifs is 2. The van der Waals surface area contributed by atoms with Crippen molar-refractivity contribution in [2.45, 2.75) is 13.8 Å². The summed E-state index contributed by atoms with van der Waals surface area (Å²) in [5.41, 5.74) is 11.7. The summed E-state index contributed by atoms with van der Waals surface area (Å²) in [4.78, 5) is 5.27. The average molecular weight is 507 g/mol. The van der Waals surface area contributed by atoms with Gasteiger partial charge in [0.25, 0.3) is 0 Å². The molecule has 5 aromatic carbocycles. The molecule has 0 saturated heterocycles. The van der Waals surface area contributed by atoms with Gasteiger partial charge in [-0.3, -0.25) is 4.57 Å². The molecular weight excluding hydrogens is 480 g/mol. The van der Waals surface area contributed by atoms with Crippen LogP contribution in [0.15, 0.2) is 121 Å². The summed E-state index contributed by atoms with van der Waals surface area (Å²) in [6.45, 7) is 4.34. The van der Waals surface area contributed by atoms with Gasteiger partial charge in [-0.05, 0) is 66.4 Å². The average Bonchev–Trinajstić information content (AvgIpc) is 3.54. The van der Waals surface area contributed by atoms with E-state index in [-0.39, 0.29) is 0 Å². The number of thiophene rings is 1. The molecule has 7 aromatic rings. The Bertz CT molecular complexity index is 1870. The van der Waals surface area contributed by atoms with Gasteiger partial charge in [-0.25, -0.2) is 4.98 Å². The zero-order valence-electron chi connectivity index (χ0n) is 21.3. The van der Waals surface area contributed by atoms with Crippen LogP contribution in [0, 0.1) is 13.8 Å². The minimum absolute atomic E-state index is 0.972. The molecule has 182 valence electrons. The third-order valence-corrected chi connectivity index (χ3v) is 8.13. The highest BCUT2D eigenvalue weighted by Crippen LogP contribution is 2.43. The van der Waals surface area contributed by atoms with Gasteiger partial charge in [-0.2, -0.15) is 0 Å². The van der Waals surface area contributed by atoms with E-state index in [1.165, 1.54) is 49.0 Å². The summed E-state index contributed by atoms with van der Waals surface area (Å²) < 4.78 is 3.68. The molecule has 0 unspecified atom stereocenters. The van der Waals surface area contributed by atoms with Gasteiger partial charge in [0.2, 0.25) is 0 Å². The molecule has 38 heavy (non-hydrogen) atoms. The number of nitrogens with zero attached hydrogens (tertiary/aromatic N) is 2. The Hall–Kier alpha value is -4.47. The lowest BCUT2D eigenvalue weighted by atomic mass is 9.93. The van der Waals surface area contributed by atoms with Crippen LogP contribution < -0.4 is 0 Å². The van der Waals surface area contributed by atoms with Crippen LogP contribution in [-0.4, -0.2) is 9.55 Å². The first-order chi connectivity index (χ1) is 18.7. The van der Waals surface area contributed by atoms with Gasteiger partial charge in [0.05, 0.1) is 16.7 Å². The quantitative estimate of drug-likeness (QED) is 0.232. The van der Waals surface area contributed by atoms with Crippen molar-refractivity contribution in [2.75, 3.05) is 0 Å². The van der Waals surface area contributed by atoms with E-state index in [1.807, 2.05) is 0 Å². The maximum Gasteiger partial charge on any atom is 0.147 e. The van der Waals surface area contributed by atoms with Crippen LogP contribution in [0.2, 0.25) is 0 Å². The normalized spacial score (nSPS) is 11.4. The first-order valence-electron chi connectivity index (χ1n) is 12.9. The highest BCUT2D eigenvalue weighted by atomic mass is 32.1. The zero-order valence-corrected chi connectivity index (χ0v) is 22.2. The topological polar surface area (TPSA) is 17.8 Å². The predicted molar refractivity (Wildman–Crippen MR) is 162 cm³/mol. The van der Waals surface area contributed by atoms with Gasteiger partial charge in [0.1, 0.15) is 5.82 Å². The smallest absolute Gasteiger partial charge is 0.147 e. The second-order valence-corrected chi connectivity index (χ2v) is 10.8. The van der Waals surface area contributed by atoms with Crippen LogP contribution in [0.1, 0.15) is 11.1 Å². The molecule has 0 fully saturated rings. The van der Waals surface area contributed by atoms with Crippen LogP contribution in [0.5, 0.6) is 0 Å². The first kappa shape index (κ1) is 22.7. The fourth-order valence-electron chi connectivity index (χ4n) is 5.44. The summed E-state index contributed by atoms with van der Waals surface area (Å²) in [6.07, 6.45) is 0. The van der Waals surface area contributed by atoms with E-state index < -0.39 is 0 Å². The molecule has 0 aliphatic heterocycles. The number of aryl methyl sites for hydroxylation is 2. The van der Waals surface area contributed by atoms with E-state index in [9.17, 15) is 0 Å². The monoisotopic (exact) mass is 506 g/mol. The van der Waals surface area contributed by atoms with E-state index in [1.54, 1.807) is 11.3 Å². The zero-order chi connectivity index (χ0) is 25.6. The summed E-state index contributed by atoms with van der Waals surface area (Å²) in [6, 6.07) is 41.3. The molecule has 2 heterocycles. The molecule has 2 nitrogen and oxygen atoms in total. The highest BCUT2D eigenvalue weighted by Gasteiger charge is 2.23. The van der Waals surface area contributed by atoms with E-state index in [0.29, 0.717) is 0 Å². The van der Waals surface area contributed by atoms with Crippen LogP contribution in [0.25, 0.3) is 60.4 Å². The molecule has 0 spiro atoms. The maximum atomic E-state index is 5.27. The van der Waals surface area contributed by atoms with Crippen molar-refractivity contribution in [3.05, 3.63) is 132 Å². The molecule has 0 N–H and O–H groups in total. The Morgan fingerprint density at radius 3 is 1.92 bits per heavy atom. The summed E-state index contributed by atoms with van der Waals surface area (Å²) in [7, 11) is 0. The molecule has 3 heteroatoms. The molecule has 0 atom stereocenters. The second-order valence-electron chi connectivity index (χ2n) is 9.85. The standard InChI is InChI=1S/C35H26N2S/c1-23-17-18-27-30(22-38-33(27)21-23)35-36-31-15-9-10-16-32(31)37(35)34-28(25-11-5-3-6-12-25)19-24(2)20-29(34)26-13-7-4-8-14-26/h3-22H,1-2H3. The first-order valence-corrected chi connectivity index (χ1v) is 13.8. The summed E-state index contributed by atoms with van der Waals surface area (Å²) in [5.74, 6) is 0.972. The number of aromatic nitrogens is 2. The van der Waals surface area contributed by atoms with E-state index in [0.717, 1.165) is 22.5 Å². The van der Waals surface area contributed by atoms with Gasteiger partial charge in [0.15, 0.2) is 0 Å². The lowest BCUT2D eigenvalue weighted by molar-refractivity contribution is 1.11. The third-order valence-electron chi connectivity index (χ3n) is 7.18. The van der Waals surface area contributed by atoms with E-state index >= 15 is 0 Å². The van der Waals surface area contributed by atoms with E-state index in [2.05, 4.69) is 139 Å². The summed E-state index contributed by atoms with van der Waals surface area (Å²) >= 11 is 1.79. The Balaban J connectivity index is 1.64. The number of benzene rings is 5. The van der Waals surface area contributed by atoms with Crippen LogP contribution in [0.3, 0.4) is 0 Å². The van der Waals surface area contributed by atoms with Gasteiger partial charge < -0.3 is 0 Å². The Morgan fingerprint density at radius 1 is 0.605 bits per heavy atom. The van der Waals surface area contributed by atoms with Crippen LogP contribution in [0.4, 0.5) is 0 Å². The SMILES string of the molecule is Cc1cc(-c2ccccc2)c(-n2c(-c3csc4cc(C)ccc34)nc3ccccc32)c(-c2ccccc2)c1. The van der Waals surface area contributed by atoms with Gasteiger partial charge in [0, 0.05) is 32.2 Å². The number of hydrogen-bond acceptors (Lipinski definition) is 2. The molecule has 0 aliphatic carbocycles. The van der Waals surface area contributed by atoms with Crippen molar-refractivity contribution in [1.29, 1.82) is 0 Å². The maximum absolute atomic E-state index is 5.27. The van der Waals surface area contributed by atoms with Gasteiger partial charge in [-0.1, -0.05) is 84.9 Å². The third kappa shape index (κ3) is 3.75. The molecule has 0 aliphatic rings. The lowest BCUT2D eigenvalue weighted by Crippen LogP contribution is -2.03. The fraction of sp³-hybridized carbons (Fsp3) is 0.0571. The van der Waals surface area contributed by atoms with Crippen molar-refractivity contribution in [3.8, 4) is 39.3 Å². The van der Waals surface area contributed by atoms with Crippen molar-refractivity contribution in [1.82, 2.24) is 9.55 Å². The number of imidazole rings is 1. The van der Waals surface area contributed by atoms with Crippen LogP contribution >= 0.6 is 11.3 Å². The number of hydrogen-bond donors (Lipinski definition) is 0. The predicted octanol–water partition coefficient (Wildman–Crippen LogP) is 9.86. The minimum Gasteiger partial charge on any atom is -0.291 e. The molecule has 0 saturated carbocycles. The van der Waals surface area contributed by atoms with Crippen molar-refractivity contribution in [2.24, 2.45) is 0 Å². The van der Waals surface area contributed by atoms with Crippen molar-refractivity contribution >= 4 is 32.5 Å². The largest absolute Gasteiger partial charge is 0.291 e. The molecular formula is C35H26N2S. The number of para-hydroxylation sites is 2. The molecule has 7 rings (SSSR count). The Labute approximate surface area is 226 Å². The second kappa shape index (κ2) is 9.13. The Kier molecular flexibility index (Phi) is 5.45. The minimum atomic E-state index is 0.972. The van der Waals surface area contributed by atoms with Crippen LogP contribution in [-0.2, 0) is 0 Å². The Morgan fingerprint density at radius 2 is 1.24 bits per heavy atom.